The third kappa shape index (κ3) is 3.12. The summed E-state index contributed by atoms with van der Waals surface area (Å²) in [6.45, 7) is 0. The van der Waals surface area contributed by atoms with Crippen molar-refractivity contribution in [2.24, 2.45) is 0 Å². The molecule has 1 heterocycles. The van der Waals surface area contributed by atoms with Gasteiger partial charge in [0.2, 0.25) is 5.82 Å². The Bertz CT molecular complexity index is 708. The molecule has 2 rings (SSSR count). The molecule has 0 unspecified atom stereocenters. The van der Waals surface area contributed by atoms with Gasteiger partial charge in [0.25, 0.3) is 0 Å². The maximum absolute atomic E-state index is 9.05. The van der Waals surface area contributed by atoms with Crippen LogP contribution in [0.3, 0.4) is 0 Å². The lowest BCUT2D eigenvalue weighted by Gasteiger charge is -2.10. The van der Waals surface area contributed by atoms with Crippen LogP contribution in [0.1, 0.15) is 5.82 Å². The second-order valence-electron chi connectivity index (χ2n) is 3.39. The molecule has 2 aromatic rings. The molecule has 20 heavy (non-hydrogen) atoms. The Morgan fingerprint density at radius 3 is 2.70 bits per heavy atom. The van der Waals surface area contributed by atoms with Crippen molar-refractivity contribution in [2.75, 3.05) is 5.32 Å². The van der Waals surface area contributed by atoms with Crippen molar-refractivity contribution in [3.8, 4) is 6.07 Å². The molecule has 0 fully saturated rings. The first-order valence-electron chi connectivity index (χ1n) is 4.98. The van der Waals surface area contributed by atoms with Crippen molar-refractivity contribution in [1.29, 1.82) is 5.26 Å². The molecule has 0 spiro atoms. The fraction of sp³-hybridized carbons (Fsp3) is 0. The summed E-state index contributed by atoms with van der Waals surface area (Å²) in [7, 11) is 0. The maximum Gasteiger partial charge on any atom is 0.216 e. The molecule has 0 radical (unpaired) electrons. The van der Waals surface area contributed by atoms with Gasteiger partial charge in [0, 0.05) is 15.1 Å². The number of hydrogen-bond donors (Lipinski definition) is 2. The van der Waals surface area contributed by atoms with Crippen LogP contribution in [0.25, 0.3) is 5.57 Å². The number of nitrogens with one attached hydrogen (secondary N) is 2. The van der Waals surface area contributed by atoms with Crippen LogP contribution in [0.2, 0.25) is 10.0 Å². The highest BCUT2D eigenvalue weighted by Gasteiger charge is 2.13. The third-order valence-electron chi connectivity index (χ3n) is 2.18. The highest BCUT2D eigenvalue weighted by molar-refractivity contribution is 9.11. The molecule has 0 aliphatic carbocycles. The summed E-state index contributed by atoms with van der Waals surface area (Å²) in [5.41, 5.74) is 0.719. The van der Waals surface area contributed by atoms with E-state index in [0.717, 1.165) is 0 Å². The fourth-order valence-electron chi connectivity index (χ4n) is 1.27. The number of rotatable bonds is 3. The molecule has 0 aliphatic heterocycles. The van der Waals surface area contributed by atoms with Gasteiger partial charge in [0.1, 0.15) is 11.6 Å². The molecule has 0 atom stereocenters. The normalized spacial score (nSPS) is 11.2. The van der Waals surface area contributed by atoms with Gasteiger partial charge in [-0.15, -0.1) is 10.2 Å². The number of nitrogens with zero attached hydrogens (tertiary/aromatic N) is 4. The van der Waals surface area contributed by atoms with Gasteiger partial charge in [-0.05, 0) is 43.1 Å². The van der Waals surface area contributed by atoms with Crippen LogP contribution < -0.4 is 5.32 Å². The molecule has 1 aromatic heterocycles. The lowest BCUT2D eigenvalue weighted by atomic mass is 10.3. The van der Waals surface area contributed by atoms with Crippen molar-refractivity contribution >= 4 is 66.3 Å². The van der Waals surface area contributed by atoms with Gasteiger partial charge in [-0.25, -0.2) is 0 Å². The summed E-state index contributed by atoms with van der Waals surface area (Å²) < 4.78 is 1.34. The second-order valence-corrected chi connectivity index (χ2v) is 5.86. The number of anilines is 1. The summed E-state index contributed by atoms with van der Waals surface area (Å²) in [5.74, 6) is 0.176. The lowest BCUT2D eigenvalue weighted by Crippen LogP contribution is -1.95. The Morgan fingerprint density at radius 2 is 2.10 bits per heavy atom. The number of allylic oxidation sites excluding steroid dienone is 1. The topological polar surface area (TPSA) is 90.3 Å². The zero-order valence-electron chi connectivity index (χ0n) is 9.46. The Balaban J connectivity index is 2.36. The number of aromatic nitrogens is 4. The highest BCUT2D eigenvalue weighted by atomic mass is 79.9. The van der Waals surface area contributed by atoms with Crippen LogP contribution in [0, 0.1) is 11.3 Å². The van der Waals surface area contributed by atoms with Crippen molar-refractivity contribution in [3.05, 3.63) is 37.1 Å². The second kappa shape index (κ2) is 6.54. The number of aromatic amines is 1. The van der Waals surface area contributed by atoms with Crippen LogP contribution in [-0.4, -0.2) is 20.6 Å². The van der Waals surface area contributed by atoms with E-state index in [9.17, 15) is 0 Å². The van der Waals surface area contributed by atoms with Crippen molar-refractivity contribution in [3.63, 3.8) is 0 Å². The van der Waals surface area contributed by atoms with E-state index < -0.39 is 0 Å². The minimum absolute atomic E-state index is 0.176. The molecule has 1 aromatic carbocycles. The summed E-state index contributed by atoms with van der Waals surface area (Å²) in [5, 5.41) is 25.7. The van der Waals surface area contributed by atoms with E-state index in [4.69, 9.17) is 28.5 Å². The minimum Gasteiger partial charge on any atom is -0.358 e. The predicted molar refractivity (Wildman–Crippen MR) is 83.3 cm³/mol. The van der Waals surface area contributed by atoms with Gasteiger partial charge in [0.05, 0.1) is 15.7 Å². The van der Waals surface area contributed by atoms with E-state index >= 15 is 0 Å². The van der Waals surface area contributed by atoms with Gasteiger partial charge in [-0.2, -0.15) is 10.5 Å². The van der Waals surface area contributed by atoms with Gasteiger partial charge in [-0.3, -0.25) is 0 Å². The first-order chi connectivity index (χ1) is 9.54. The third-order valence-corrected chi connectivity index (χ3v) is 4.53. The molecule has 0 bridgehead atoms. The van der Waals surface area contributed by atoms with Gasteiger partial charge < -0.3 is 5.32 Å². The number of H-pyrrole nitrogens is 1. The minimum atomic E-state index is 0.176. The zero-order valence-corrected chi connectivity index (χ0v) is 14.1. The van der Waals surface area contributed by atoms with E-state index in [-0.39, 0.29) is 11.4 Å². The summed E-state index contributed by atoms with van der Waals surface area (Å²) in [4.78, 5) is 0. The molecular weight excluding hydrogens is 435 g/mol. The van der Waals surface area contributed by atoms with Crippen LogP contribution in [0.4, 0.5) is 5.69 Å². The van der Waals surface area contributed by atoms with E-state index in [1.165, 1.54) is 6.20 Å². The summed E-state index contributed by atoms with van der Waals surface area (Å²) in [6, 6.07) is 3.69. The fourth-order valence-corrected chi connectivity index (χ4v) is 3.18. The number of nitriles is 1. The molecule has 6 nitrogen and oxygen atoms in total. The Kier molecular flexibility index (Phi) is 4.99. The SMILES string of the molecule is N#CC(=CNc1c(Br)cc(Br)c(Cl)c1Cl)c1nn[nH]n1. The maximum atomic E-state index is 9.05. The molecule has 2 N–H and O–H groups in total. The number of halogens is 4. The molecule has 0 amide bonds. The molecule has 0 aliphatic rings. The average molecular weight is 439 g/mol. The predicted octanol–water partition coefficient (Wildman–Crippen LogP) is 4.01. The Hall–Kier alpha value is -1.14. The highest BCUT2D eigenvalue weighted by Crippen LogP contribution is 2.41. The van der Waals surface area contributed by atoms with Gasteiger partial charge in [-0.1, -0.05) is 23.2 Å². The standard InChI is InChI=1S/C10H4Br2Cl2N6/c11-5-1-6(12)9(8(14)7(5)13)16-3-4(2-15)10-17-19-20-18-10/h1,3,16H,(H,17,18,19,20). The summed E-state index contributed by atoms with van der Waals surface area (Å²) in [6.07, 6.45) is 1.42. The Labute approximate surface area is 140 Å². The van der Waals surface area contributed by atoms with Gasteiger partial charge >= 0.3 is 0 Å². The number of hydrogen-bond acceptors (Lipinski definition) is 5. The quantitative estimate of drug-likeness (QED) is 0.429. The molecule has 102 valence electrons. The number of tetrazole rings is 1. The molecule has 0 saturated heterocycles. The smallest absolute Gasteiger partial charge is 0.216 e. The van der Waals surface area contributed by atoms with Crippen LogP contribution in [0.5, 0.6) is 0 Å². The van der Waals surface area contributed by atoms with Crippen LogP contribution in [-0.2, 0) is 0 Å². The van der Waals surface area contributed by atoms with Crippen molar-refractivity contribution in [1.82, 2.24) is 20.6 Å². The zero-order chi connectivity index (χ0) is 14.7. The van der Waals surface area contributed by atoms with E-state index in [0.29, 0.717) is 24.7 Å². The average Bonchev–Trinajstić information content (AvgIpc) is 2.94. The lowest BCUT2D eigenvalue weighted by molar-refractivity contribution is 0.881. The largest absolute Gasteiger partial charge is 0.358 e. The number of benzene rings is 1. The van der Waals surface area contributed by atoms with Crippen LogP contribution in [0.15, 0.2) is 21.2 Å². The van der Waals surface area contributed by atoms with E-state index in [2.05, 4.69) is 57.8 Å². The van der Waals surface area contributed by atoms with E-state index in [1.54, 1.807) is 6.07 Å². The Morgan fingerprint density at radius 1 is 1.35 bits per heavy atom. The van der Waals surface area contributed by atoms with Crippen molar-refractivity contribution < 1.29 is 0 Å². The summed E-state index contributed by atoms with van der Waals surface area (Å²) >= 11 is 18.8. The van der Waals surface area contributed by atoms with E-state index in [1.807, 2.05) is 6.07 Å². The van der Waals surface area contributed by atoms with Gasteiger partial charge in [0.15, 0.2) is 0 Å². The monoisotopic (exact) mass is 436 g/mol. The molecule has 0 saturated carbocycles. The molecular formula is C10H4Br2Cl2N6. The molecule has 10 heteroatoms. The van der Waals surface area contributed by atoms with Crippen LogP contribution >= 0.6 is 55.1 Å². The van der Waals surface area contributed by atoms with Crippen molar-refractivity contribution in [2.45, 2.75) is 0 Å². The first kappa shape index (κ1) is 15.3. The first-order valence-corrected chi connectivity index (χ1v) is 7.32.